The maximum atomic E-state index is 11.2. The first-order valence-corrected chi connectivity index (χ1v) is 5.44. The van der Waals surface area contributed by atoms with E-state index in [0.717, 1.165) is 4.46 Å². The zero-order valence-corrected chi connectivity index (χ0v) is 8.57. The minimum absolute atomic E-state index is 0.0478. The summed E-state index contributed by atoms with van der Waals surface area (Å²) < 4.78 is 1.35. The van der Waals surface area contributed by atoms with E-state index in [9.17, 15) is 4.79 Å². The minimum atomic E-state index is -0.0478. The fourth-order valence-corrected chi connectivity index (χ4v) is 2.31. The van der Waals surface area contributed by atoms with Gasteiger partial charge in [-0.15, -0.1) is 0 Å². The average Bonchev–Trinajstić information content (AvgIpc) is 2.06. The molecule has 0 aliphatic rings. The molecule has 0 amide bonds. The van der Waals surface area contributed by atoms with Crippen LogP contribution in [0.5, 0.6) is 0 Å². The molecule has 0 atom stereocenters. The number of rotatable bonds is 3. The van der Waals surface area contributed by atoms with Crippen LogP contribution in [-0.4, -0.2) is 19.6 Å². The molecule has 1 rings (SSSR count). The van der Waals surface area contributed by atoms with E-state index >= 15 is 0 Å². The van der Waals surface area contributed by atoms with Gasteiger partial charge in [-0.05, 0) is 0 Å². The Hall–Kier alpha value is -0.851. The average molecular weight is 225 g/mol. The molecule has 0 heterocycles. The van der Waals surface area contributed by atoms with Crippen molar-refractivity contribution in [3.63, 3.8) is 0 Å². The zero-order valence-electron chi connectivity index (χ0n) is 6.86. The van der Waals surface area contributed by atoms with Crippen molar-refractivity contribution in [3.05, 3.63) is 42.5 Å². The summed E-state index contributed by atoms with van der Waals surface area (Å²) in [6.45, 7) is 1.86. The Morgan fingerprint density at radius 1 is 1.33 bits per heavy atom. The third kappa shape index (κ3) is 3.04. The second kappa shape index (κ2) is 4.91. The molecule has 0 aliphatic heterocycles. The molecule has 0 saturated heterocycles. The predicted octanol–water partition coefficient (Wildman–Crippen LogP) is 1.12. The van der Waals surface area contributed by atoms with Crippen LogP contribution >= 0.6 is 0 Å². The summed E-state index contributed by atoms with van der Waals surface area (Å²) in [5.74, 6) is 0. The molecule has 0 radical (unpaired) electrons. The van der Waals surface area contributed by atoms with Gasteiger partial charge in [0.15, 0.2) is 0 Å². The second-order valence-corrected chi connectivity index (χ2v) is 4.50. The Kier molecular flexibility index (Phi) is 3.78. The van der Waals surface area contributed by atoms with E-state index < -0.39 is 0 Å². The zero-order chi connectivity index (χ0) is 8.81. The number of carbonyl (C=O) groups is 1. The Morgan fingerprint density at radius 3 is 2.58 bits per heavy atom. The van der Waals surface area contributed by atoms with Crippen molar-refractivity contribution in [2.45, 2.75) is 6.92 Å². The topological polar surface area (TPSA) is 17.1 Å². The van der Waals surface area contributed by atoms with Gasteiger partial charge in [-0.25, -0.2) is 0 Å². The van der Waals surface area contributed by atoms with Crippen molar-refractivity contribution >= 4 is 24.1 Å². The van der Waals surface area contributed by atoms with Crippen molar-refractivity contribution in [2.75, 3.05) is 0 Å². The molecule has 1 aromatic rings. The monoisotopic (exact) mass is 226 g/mol. The molecular weight excluding hydrogens is 215 g/mol. The molecular formula is C10H10OSe. The SMILES string of the molecule is C/C=C/C(=O)[Se]c1ccccc1. The number of hydrogen-bond donors (Lipinski definition) is 0. The summed E-state index contributed by atoms with van der Waals surface area (Å²) in [4.78, 5) is 11.2. The molecule has 0 fully saturated rings. The molecule has 62 valence electrons. The van der Waals surface area contributed by atoms with Crippen LogP contribution in [0.3, 0.4) is 0 Å². The van der Waals surface area contributed by atoms with Gasteiger partial charge >= 0.3 is 78.3 Å². The Labute approximate surface area is 78.6 Å². The van der Waals surface area contributed by atoms with Crippen molar-refractivity contribution < 1.29 is 4.79 Å². The summed E-state index contributed by atoms with van der Waals surface area (Å²) >= 11 is -0.0478. The summed E-state index contributed by atoms with van der Waals surface area (Å²) in [6, 6.07) is 9.85. The quantitative estimate of drug-likeness (QED) is 0.556. The molecule has 0 aromatic heterocycles. The van der Waals surface area contributed by atoms with Crippen LogP contribution in [0.4, 0.5) is 0 Å². The van der Waals surface area contributed by atoms with Gasteiger partial charge in [-0.2, -0.15) is 0 Å². The molecule has 1 aromatic carbocycles. The van der Waals surface area contributed by atoms with Gasteiger partial charge in [0.25, 0.3) is 0 Å². The molecule has 0 bridgehead atoms. The van der Waals surface area contributed by atoms with E-state index in [2.05, 4.69) is 0 Å². The fraction of sp³-hybridized carbons (Fsp3) is 0.100. The van der Waals surface area contributed by atoms with Gasteiger partial charge in [0.2, 0.25) is 0 Å². The van der Waals surface area contributed by atoms with Crippen LogP contribution in [0.15, 0.2) is 42.5 Å². The van der Waals surface area contributed by atoms with Crippen LogP contribution in [0.1, 0.15) is 6.92 Å². The maximum absolute atomic E-state index is 11.2. The van der Waals surface area contributed by atoms with Crippen molar-refractivity contribution in [1.82, 2.24) is 0 Å². The van der Waals surface area contributed by atoms with E-state index in [-0.39, 0.29) is 19.6 Å². The molecule has 0 N–H and O–H groups in total. The molecule has 0 aliphatic carbocycles. The van der Waals surface area contributed by atoms with Gasteiger partial charge in [0.05, 0.1) is 0 Å². The number of allylic oxidation sites excluding steroid dienone is 2. The van der Waals surface area contributed by atoms with E-state index in [4.69, 9.17) is 0 Å². The molecule has 2 heteroatoms. The van der Waals surface area contributed by atoms with Gasteiger partial charge in [0, 0.05) is 0 Å². The first-order valence-electron chi connectivity index (χ1n) is 3.72. The second-order valence-electron chi connectivity index (χ2n) is 2.23. The van der Waals surface area contributed by atoms with Crippen LogP contribution in [-0.2, 0) is 4.79 Å². The first kappa shape index (κ1) is 9.24. The van der Waals surface area contributed by atoms with E-state index in [1.807, 2.05) is 37.3 Å². The Morgan fingerprint density at radius 2 is 2.00 bits per heavy atom. The van der Waals surface area contributed by atoms with Crippen LogP contribution in [0.25, 0.3) is 0 Å². The number of carbonyl (C=O) groups excluding carboxylic acids is 1. The summed E-state index contributed by atoms with van der Waals surface area (Å²) in [5.41, 5.74) is 0. The van der Waals surface area contributed by atoms with Gasteiger partial charge in [0.1, 0.15) is 0 Å². The molecule has 0 unspecified atom stereocenters. The van der Waals surface area contributed by atoms with Crippen molar-refractivity contribution in [3.8, 4) is 0 Å². The van der Waals surface area contributed by atoms with Crippen molar-refractivity contribution in [1.29, 1.82) is 0 Å². The van der Waals surface area contributed by atoms with Gasteiger partial charge in [-0.3, -0.25) is 0 Å². The Bertz CT molecular complexity index is 277. The van der Waals surface area contributed by atoms with Crippen LogP contribution in [0.2, 0.25) is 0 Å². The third-order valence-electron chi connectivity index (χ3n) is 1.26. The summed E-state index contributed by atoms with van der Waals surface area (Å²) in [7, 11) is 0. The van der Waals surface area contributed by atoms with Crippen LogP contribution in [0, 0.1) is 0 Å². The molecule has 1 nitrogen and oxygen atoms in total. The molecule has 12 heavy (non-hydrogen) atoms. The Balaban J connectivity index is 2.59. The van der Waals surface area contributed by atoms with Gasteiger partial charge in [-0.1, -0.05) is 0 Å². The summed E-state index contributed by atoms with van der Waals surface area (Å²) in [6.07, 6.45) is 3.42. The fourth-order valence-electron chi connectivity index (χ4n) is 0.775. The normalized spacial score (nSPS) is 10.4. The van der Waals surface area contributed by atoms with E-state index in [1.54, 1.807) is 12.2 Å². The summed E-state index contributed by atoms with van der Waals surface area (Å²) in [5, 5.41) is 0. The van der Waals surface area contributed by atoms with Gasteiger partial charge < -0.3 is 0 Å². The van der Waals surface area contributed by atoms with Crippen LogP contribution < -0.4 is 4.46 Å². The molecule has 0 saturated carbocycles. The van der Waals surface area contributed by atoms with Crippen molar-refractivity contribution in [2.24, 2.45) is 0 Å². The molecule has 0 spiro atoms. The van der Waals surface area contributed by atoms with E-state index in [0.29, 0.717) is 0 Å². The van der Waals surface area contributed by atoms with E-state index in [1.165, 1.54) is 0 Å². The standard InChI is InChI=1S/C10H10OSe/c1-2-6-10(11)12-9-7-4-3-5-8-9/h2-8H,1H3/b6-2+. The number of hydrogen-bond acceptors (Lipinski definition) is 1. The predicted molar refractivity (Wildman–Crippen MR) is 51.7 cm³/mol. The first-order chi connectivity index (χ1) is 5.83. The third-order valence-corrected chi connectivity index (χ3v) is 3.04. The number of benzene rings is 1.